The van der Waals surface area contributed by atoms with Crippen molar-refractivity contribution in [1.82, 2.24) is 4.98 Å². The van der Waals surface area contributed by atoms with Crippen molar-refractivity contribution in [2.24, 2.45) is 0 Å². The summed E-state index contributed by atoms with van der Waals surface area (Å²) < 4.78 is 23.2. The van der Waals surface area contributed by atoms with E-state index in [2.05, 4.69) is 4.98 Å². The minimum absolute atomic E-state index is 0.175. The minimum atomic E-state index is -0.414. The highest BCUT2D eigenvalue weighted by molar-refractivity contribution is 6.17. The molecule has 15 heavy (non-hydrogen) atoms. The molecule has 1 heterocycles. The van der Waals surface area contributed by atoms with E-state index < -0.39 is 5.82 Å². The molecule has 0 spiro atoms. The van der Waals surface area contributed by atoms with Crippen molar-refractivity contribution in [2.75, 3.05) is 19.8 Å². The second-order valence-electron chi connectivity index (χ2n) is 2.80. The molecule has 0 saturated carbocycles. The third-order valence-corrected chi connectivity index (χ3v) is 1.99. The van der Waals surface area contributed by atoms with Crippen molar-refractivity contribution in [3.63, 3.8) is 0 Å². The molecule has 0 aliphatic rings. The summed E-state index contributed by atoms with van der Waals surface area (Å²) in [6, 6.07) is 1.32. The number of aromatic nitrogens is 1. The van der Waals surface area contributed by atoms with Gasteiger partial charge in [-0.25, -0.2) is 9.37 Å². The summed E-state index contributed by atoms with van der Waals surface area (Å²) in [5.74, 6) is 0.128. The van der Waals surface area contributed by atoms with Gasteiger partial charge in [0.1, 0.15) is 12.4 Å². The third kappa shape index (κ3) is 4.01. The predicted molar refractivity (Wildman–Crippen MR) is 55.7 cm³/mol. The topological polar surface area (TPSA) is 31.4 Å². The van der Waals surface area contributed by atoms with Gasteiger partial charge in [0.25, 0.3) is 0 Å². The van der Waals surface area contributed by atoms with Gasteiger partial charge >= 0.3 is 0 Å². The van der Waals surface area contributed by atoms with E-state index in [1.807, 2.05) is 6.92 Å². The fourth-order valence-corrected chi connectivity index (χ4v) is 1.23. The van der Waals surface area contributed by atoms with Crippen molar-refractivity contribution >= 4 is 11.6 Å². The number of nitrogens with zero attached hydrogens (tertiary/aromatic N) is 1. The highest BCUT2D eigenvalue weighted by atomic mass is 35.5. The lowest BCUT2D eigenvalue weighted by Crippen LogP contribution is -2.08. The fourth-order valence-electron chi connectivity index (χ4n) is 1.04. The average molecular weight is 234 g/mol. The minimum Gasteiger partial charge on any atom is -0.475 e. The molecule has 0 fully saturated rings. The summed E-state index contributed by atoms with van der Waals surface area (Å²) >= 11 is 5.63. The molecule has 1 rings (SSSR count). The Kier molecular flexibility index (Phi) is 5.36. The molecule has 84 valence electrons. The molecule has 0 saturated heterocycles. The van der Waals surface area contributed by atoms with Gasteiger partial charge in [-0.1, -0.05) is 0 Å². The van der Waals surface area contributed by atoms with Crippen LogP contribution in [0, 0.1) is 5.82 Å². The zero-order chi connectivity index (χ0) is 11.1. The van der Waals surface area contributed by atoms with E-state index in [0.717, 1.165) is 6.20 Å². The Morgan fingerprint density at radius 2 is 2.27 bits per heavy atom. The Hall–Kier alpha value is -0.870. The first-order valence-electron chi connectivity index (χ1n) is 4.68. The lowest BCUT2D eigenvalue weighted by atomic mass is 10.3. The molecule has 0 bridgehead atoms. The van der Waals surface area contributed by atoms with Gasteiger partial charge in [0.05, 0.1) is 18.7 Å². The van der Waals surface area contributed by atoms with E-state index in [-0.39, 0.29) is 5.88 Å². The lowest BCUT2D eigenvalue weighted by Gasteiger charge is -2.08. The van der Waals surface area contributed by atoms with Crippen molar-refractivity contribution in [3.8, 4) is 5.88 Å². The second kappa shape index (κ2) is 6.58. The number of pyridine rings is 1. The molecule has 0 amide bonds. The van der Waals surface area contributed by atoms with E-state index in [4.69, 9.17) is 21.1 Å². The van der Waals surface area contributed by atoms with Gasteiger partial charge in [-0.2, -0.15) is 0 Å². The van der Waals surface area contributed by atoms with Gasteiger partial charge in [-0.15, -0.1) is 11.6 Å². The van der Waals surface area contributed by atoms with E-state index in [0.29, 0.717) is 31.3 Å². The smallest absolute Gasteiger partial charge is 0.218 e. The van der Waals surface area contributed by atoms with Gasteiger partial charge in [-0.05, 0) is 13.0 Å². The van der Waals surface area contributed by atoms with Crippen molar-refractivity contribution in [2.45, 2.75) is 12.8 Å². The summed E-state index contributed by atoms with van der Waals surface area (Å²) in [7, 11) is 0. The SMILES string of the molecule is CCOCCOc1ncc(F)cc1CCl. The van der Waals surface area contributed by atoms with E-state index in [1.54, 1.807) is 0 Å². The molecule has 0 aromatic carbocycles. The summed E-state index contributed by atoms with van der Waals surface area (Å²) in [6.07, 6.45) is 1.10. The van der Waals surface area contributed by atoms with Crippen LogP contribution in [0.1, 0.15) is 12.5 Å². The summed E-state index contributed by atoms with van der Waals surface area (Å²) in [6.45, 7) is 3.41. The van der Waals surface area contributed by atoms with Crippen LogP contribution < -0.4 is 4.74 Å². The molecule has 0 radical (unpaired) electrons. The zero-order valence-electron chi connectivity index (χ0n) is 8.50. The van der Waals surface area contributed by atoms with Crippen LogP contribution in [0.15, 0.2) is 12.3 Å². The number of hydrogen-bond donors (Lipinski definition) is 0. The van der Waals surface area contributed by atoms with Gasteiger partial charge in [0, 0.05) is 12.2 Å². The molecular formula is C10H13ClFNO2. The number of alkyl halides is 1. The van der Waals surface area contributed by atoms with Crippen molar-refractivity contribution < 1.29 is 13.9 Å². The fraction of sp³-hybridized carbons (Fsp3) is 0.500. The Balaban J connectivity index is 2.52. The summed E-state index contributed by atoms with van der Waals surface area (Å²) in [5.41, 5.74) is 0.549. The molecule has 1 aromatic heterocycles. The maximum atomic E-state index is 12.8. The quantitative estimate of drug-likeness (QED) is 0.559. The largest absolute Gasteiger partial charge is 0.475 e. The van der Waals surface area contributed by atoms with Crippen LogP contribution in [0.3, 0.4) is 0 Å². The molecule has 1 aromatic rings. The van der Waals surface area contributed by atoms with Crippen LogP contribution in [-0.2, 0) is 10.6 Å². The van der Waals surface area contributed by atoms with Gasteiger partial charge in [0.2, 0.25) is 5.88 Å². The van der Waals surface area contributed by atoms with Crippen LogP contribution in [0.25, 0.3) is 0 Å². The van der Waals surface area contributed by atoms with Crippen molar-refractivity contribution in [3.05, 3.63) is 23.6 Å². The Labute approximate surface area is 93.2 Å². The normalized spacial score (nSPS) is 10.3. The molecule has 3 nitrogen and oxygen atoms in total. The van der Waals surface area contributed by atoms with Crippen LogP contribution in [0.4, 0.5) is 4.39 Å². The number of ether oxygens (including phenoxy) is 2. The molecular weight excluding hydrogens is 221 g/mol. The highest BCUT2D eigenvalue weighted by Crippen LogP contribution is 2.17. The average Bonchev–Trinajstić information content (AvgIpc) is 2.26. The first kappa shape index (κ1) is 12.2. The monoisotopic (exact) mass is 233 g/mol. The standard InChI is InChI=1S/C10H13ClFNO2/c1-2-14-3-4-15-10-8(6-11)5-9(12)7-13-10/h5,7H,2-4,6H2,1H3. The maximum Gasteiger partial charge on any atom is 0.218 e. The van der Waals surface area contributed by atoms with E-state index >= 15 is 0 Å². The molecule has 0 N–H and O–H groups in total. The third-order valence-electron chi connectivity index (χ3n) is 1.71. The highest BCUT2D eigenvalue weighted by Gasteiger charge is 2.05. The van der Waals surface area contributed by atoms with Crippen LogP contribution in [-0.4, -0.2) is 24.8 Å². The molecule has 5 heteroatoms. The molecule has 0 atom stereocenters. The van der Waals surface area contributed by atoms with Crippen LogP contribution in [0.5, 0.6) is 5.88 Å². The second-order valence-corrected chi connectivity index (χ2v) is 3.06. The predicted octanol–water partition coefficient (Wildman–Crippen LogP) is 2.37. The first-order chi connectivity index (χ1) is 7.27. The number of hydrogen-bond acceptors (Lipinski definition) is 3. The Bertz CT molecular complexity index is 309. The molecule has 0 aliphatic carbocycles. The maximum absolute atomic E-state index is 12.8. The van der Waals surface area contributed by atoms with Crippen molar-refractivity contribution in [1.29, 1.82) is 0 Å². The van der Waals surface area contributed by atoms with Crippen LogP contribution in [0.2, 0.25) is 0 Å². The van der Waals surface area contributed by atoms with Crippen LogP contribution >= 0.6 is 11.6 Å². The van der Waals surface area contributed by atoms with Gasteiger partial charge in [-0.3, -0.25) is 0 Å². The first-order valence-corrected chi connectivity index (χ1v) is 5.22. The summed E-state index contributed by atoms with van der Waals surface area (Å²) in [5, 5.41) is 0. The lowest BCUT2D eigenvalue weighted by molar-refractivity contribution is 0.108. The van der Waals surface area contributed by atoms with E-state index in [1.165, 1.54) is 6.07 Å². The van der Waals surface area contributed by atoms with Gasteiger partial charge in [0.15, 0.2) is 0 Å². The van der Waals surface area contributed by atoms with Gasteiger partial charge < -0.3 is 9.47 Å². The zero-order valence-corrected chi connectivity index (χ0v) is 9.26. The Morgan fingerprint density at radius 3 is 2.93 bits per heavy atom. The number of rotatable bonds is 6. The Morgan fingerprint density at radius 1 is 1.47 bits per heavy atom. The molecule has 0 unspecified atom stereocenters. The molecule has 0 aliphatic heterocycles. The summed E-state index contributed by atoms with van der Waals surface area (Å²) in [4.78, 5) is 3.81. The van der Waals surface area contributed by atoms with E-state index in [9.17, 15) is 4.39 Å². The number of halogens is 2.